The van der Waals surface area contributed by atoms with Crippen molar-refractivity contribution in [2.45, 2.75) is 38.7 Å². The number of aryl methyl sites for hydroxylation is 1. The zero-order chi connectivity index (χ0) is 26.4. The summed E-state index contributed by atoms with van der Waals surface area (Å²) in [5.41, 5.74) is 4.40. The minimum Gasteiger partial charge on any atom is -0.481 e. The number of carbonyl (C=O) groups excluding carboxylic acids is 1. The number of aliphatic carboxylic acids is 1. The van der Waals surface area contributed by atoms with Gasteiger partial charge in [-0.2, -0.15) is 8.78 Å². The molecule has 0 aliphatic carbocycles. The van der Waals surface area contributed by atoms with Crippen LogP contribution in [0.5, 0.6) is 5.75 Å². The Morgan fingerprint density at radius 3 is 2.35 bits per heavy atom. The number of carboxylic acids is 1. The number of nitrogens with zero attached hydrogens (tertiary/aromatic N) is 2. The number of amides is 1. The van der Waals surface area contributed by atoms with Crippen molar-refractivity contribution in [1.29, 1.82) is 0 Å². The summed E-state index contributed by atoms with van der Waals surface area (Å²) in [5, 5.41) is 11.7. The Kier molecular flexibility index (Phi) is 7.71. The van der Waals surface area contributed by atoms with E-state index in [4.69, 9.17) is 15.1 Å². The summed E-state index contributed by atoms with van der Waals surface area (Å²) in [6, 6.07) is 20.2. The van der Waals surface area contributed by atoms with Crippen LogP contribution in [0, 0.1) is 0 Å². The molecule has 4 rings (SSSR count). The van der Waals surface area contributed by atoms with Gasteiger partial charge in [0.25, 0.3) is 5.91 Å². The zero-order valence-corrected chi connectivity index (χ0v) is 20.1. The first-order valence-corrected chi connectivity index (χ1v) is 11.7. The molecular formula is C28H25F2N3O4. The number of unbranched alkanes of at least 4 members (excludes halogenated alkanes) is 1. The van der Waals surface area contributed by atoms with Crippen molar-refractivity contribution in [3.05, 3.63) is 84.1 Å². The van der Waals surface area contributed by atoms with Crippen LogP contribution in [0.25, 0.3) is 22.3 Å². The third-order valence-electron chi connectivity index (χ3n) is 5.51. The van der Waals surface area contributed by atoms with E-state index in [2.05, 4.69) is 10.1 Å². The zero-order valence-electron chi connectivity index (χ0n) is 20.1. The van der Waals surface area contributed by atoms with Crippen molar-refractivity contribution in [2.75, 3.05) is 5.32 Å². The number of ether oxygens (including phenoxy) is 1. The normalized spacial score (nSPS) is 11.3. The first-order valence-electron chi connectivity index (χ1n) is 11.7. The fourth-order valence-corrected chi connectivity index (χ4v) is 3.82. The van der Waals surface area contributed by atoms with Gasteiger partial charge in [-0.3, -0.25) is 9.59 Å². The molecule has 0 spiro atoms. The molecule has 0 atom stereocenters. The molecular weight excluding hydrogens is 480 g/mol. The first-order chi connectivity index (χ1) is 17.7. The van der Waals surface area contributed by atoms with E-state index in [0.29, 0.717) is 42.9 Å². The molecule has 0 saturated carbocycles. The highest BCUT2D eigenvalue weighted by atomic mass is 19.3. The van der Waals surface area contributed by atoms with Gasteiger partial charge in [0.1, 0.15) is 5.75 Å². The van der Waals surface area contributed by atoms with Crippen molar-refractivity contribution in [2.24, 2.45) is 0 Å². The van der Waals surface area contributed by atoms with Crippen LogP contribution in [0.3, 0.4) is 0 Å². The molecule has 1 aromatic heterocycles. The van der Waals surface area contributed by atoms with Crippen LogP contribution < -0.4 is 10.1 Å². The van der Waals surface area contributed by atoms with Gasteiger partial charge in [-0.05, 0) is 61.7 Å². The molecule has 0 aliphatic heterocycles. The van der Waals surface area contributed by atoms with Gasteiger partial charge in [-0.15, -0.1) is 0 Å². The molecule has 0 unspecified atom stereocenters. The van der Waals surface area contributed by atoms with E-state index in [0.717, 1.165) is 17.0 Å². The van der Waals surface area contributed by atoms with E-state index in [1.54, 1.807) is 18.2 Å². The van der Waals surface area contributed by atoms with Gasteiger partial charge in [0.15, 0.2) is 0 Å². The third-order valence-corrected chi connectivity index (χ3v) is 5.51. The summed E-state index contributed by atoms with van der Waals surface area (Å²) in [6.07, 6.45) is -1.50. The highest BCUT2D eigenvalue weighted by molar-refractivity contribution is 6.05. The molecule has 0 aliphatic rings. The van der Waals surface area contributed by atoms with E-state index in [-0.39, 0.29) is 17.7 Å². The number of hydrogen-bond donors (Lipinski definition) is 2. The molecule has 4 aromatic rings. The average Bonchev–Trinajstić information content (AvgIpc) is 2.86. The number of carbonyl (C=O) groups is 2. The Morgan fingerprint density at radius 2 is 1.68 bits per heavy atom. The molecule has 7 nitrogen and oxygen atoms in total. The largest absolute Gasteiger partial charge is 0.481 e. The molecule has 2 N–H and O–H groups in total. The minimum absolute atomic E-state index is 0.0462. The van der Waals surface area contributed by atoms with E-state index in [9.17, 15) is 18.4 Å². The average molecular weight is 506 g/mol. The second-order valence-corrected chi connectivity index (χ2v) is 8.58. The van der Waals surface area contributed by atoms with Crippen LogP contribution in [-0.4, -0.2) is 33.1 Å². The van der Waals surface area contributed by atoms with Gasteiger partial charge in [0.2, 0.25) is 0 Å². The molecule has 0 saturated heterocycles. The van der Waals surface area contributed by atoms with Crippen LogP contribution >= 0.6 is 0 Å². The van der Waals surface area contributed by atoms with Gasteiger partial charge < -0.3 is 15.2 Å². The number of rotatable bonds is 10. The summed E-state index contributed by atoms with van der Waals surface area (Å²) < 4.78 is 30.5. The predicted molar refractivity (Wildman–Crippen MR) is 136 cm³/mol. The monoisotopic (exact) mass is 505 g/mol. The van der Waals surface area contributed by atoms with Crippen LogP contribution in [0.2, 0.25) is 0 Å². The molecule has 9 heteroatoms. The maximum atomic E-state index is 13.0. The SMILES string of the molecule is CC(F)(F)Oc1ccc(C(=O)Nc2ccc3nc(-c4ccccc4)c(CCCCC(=O)O)nc3c2)cc1. The van der Waals surface area contributed by atoms with Crippen LogP contribution in [0.1, 0.15) is 42.2 Å². The number of hydrogen-bond acceptors (Lipinski definition) is 5. The number of halogens is 2. The molecule has 0 radical (unpaired) electrons. The Labute approximate surface area is 212 Å². The summed E-state index contributed by atoms with van der Waals surface area (Å²) in [6.45, 7) is 0.639. The van der Waals surface area contributed by atoms with E-state index < -0.39 is 18.0 Å². The number of alkyl halides is 2. The number of carboxylic acid groups (broad SMARTS) is 1. The standard InChI is InChI=1S/C28H25F2N3O4/c1-28(29,30)37-21-14-11-19(12-15-21)27(36)31-20-13-16-22-24(17-20)32-23(9-5-6-10-25(34)35)26(33-22)18-7-3-2-4-8-18/h2-4,7-8,11-17H,5-6,9-10H2,1H3,(H,31,36)(H,34,35). The third kappa shape index (κ3) is 7.07. The van der Waals surface area contributed by atoms with E-state index in [1.807, 2.05) is 30.3 Å². The Hall–Kier alpha value is -4.40. The maximum absolute atomic E-state index is 13.0. The lowest BCUT2D eigenvalue weighted by molar-refractivity contribution is -0.159. The maximum Gasteiger partial charge on any atom is 0.394 e. The molecule has 1 heterocycles. The number of nitrogens with one attached hydrogen (secondary N) is 1. The molecule has 3 aromatic carbocycles. The van der Waals surface area contributed by atoms with Crippen LogP contribution in [0.4, 0.5) is 14.5 Å². The van der Waals surface area contributed by atoms with Gasteiger partial charge in [-0.1, -0.05) is 30.3 Å². The van der Waals surface area contributed by atoms with Crippen molar-refractivity contribution in [3.63, 3.8) is 0 Å². The summed E-state index contributed by atoms with van der Waals surface area (Å²) in [4.78, 5) is 33.2. The number of aromatic nitrogens is 2. The quantitative estimate of drug-likeness (QED) is 0.244. The molecule has 1 amide bonds. The highest BCUT2D eigenvalue weighted by Crippen LogP contribution is 2.27. The molecule has 190 valence electrons. The van der Waals surface area contributed by atoms with Gasteiger partial charge in [-0.25, -0.2) is 9.97 Å². The van der Waals surface area contributed by atoms with Gasteiger partial charge in [0.05, 0.1) is 22.4 Å². The topological polar surface area (TPSA) is 101 Å². The van der Waals surface area contributed by atoms with E-state index in [1.165, 1.54) is 24.3 Å². The van der Waals surface area contributed by atoms with Crippen LogP contribution in [-0.2, 0) is 11.2 Å². The molecule has 37 heavy (non-hydrogen) atoms. The van der Waals surface area contributed by atoms with E-state index >= 15 is 0 Å². The van der Waals surface area contributed by atoms with Gasteiger partial charge in [0, 0.05) is 30.2 Å². The highest BCUT2D eigenvalue weighted by Gasteiger charge is 2.23. The molecule has 0 fully saturated rings. The van der Waals surface area contributed by atoms with Crippen molar-refractivity contribution in [1.82, 2.24) is 9.97 Å². The summed E-state index contributed by atoms with van der Waals surface area (Å²) >= 11 is 0. The fraction of sp³-hybridized carbons (Fsp3) is 0.214. The lowest BCUT2D eigenvalue weighted by Crippen LogP contribution is -2.19. The van der Waals surface area contributed by atoms with Crippen molar-refractivity contribution in [3.8, 4) is 17.0 Å². The Balaban J connectivity index is 1.56. The number of benzene rings is 3. The number of anilines is 1. The summed E-state index contributed by atoms with van der Waals surface area (Å²) in [7, 11) is 0. The fourth-order valence-electron chi connectivity index (χ4n) is 3.82. The lowest BCUT2D eigenvalue weighted by atomic mass is 10.0. The van der Waals surface area contributed by atoms with Crippen molar-refractivity contribution >= 4 is 28.6 Å². The molecule has 0 bridgehead atoms. The second kappa shape index (κ2) is 11.1. The number of fused-ring (bicyclic) bond motifs is 1. The smallest absolute Gasteiger partial charge is 0.394 e. The van der Waals surface area contributed by atoms with Crippen LogP contribution in [0.15, 0.2) is 72.8 Å². The summed E-state index contributed by atoms with van der Waals surface area (Å²) in [5.74, 6) is -1.30. The second-order valence-electron chi connectivity index (χ2n) is 8.58. The predicted octanol–water partition coefficient (Wildman–Crippen LogP) is 6.34. The van der Waals surface area contributed by atoms with Crippen molar-refractivity contribution < 1.29 is 28.2 Å². The lowest BCUT2D eigenvalue weighted by Gasteiger charge is -2.13. The Morgan fingerprint density at radius 1 is 0.946 bits per heavy atom. The Bertz CT molecular complexity index is 1410. The van der Waals surface area contributed by atoms with Gasteiger partial charge >= 0.3 is 12.1 Å². The first kappa shape index (κ1) is 25.7. The minimum atomic E-state index is -3.31.